The smallest absolute Gasteiger partial charge is 0.137 e. The summed E-state index contributed by atoms with van der Waals surface area (Å²) in [5.41, 5.74) is 0. The Hall–Kier alpha value is -0.900. The van der Waals surface area contributed by atoms with E-state index in [9.17, 15) is 0 Å². The molecule has 1 N–H and O–H groups in total. The lowest BCUT2D eigenvalue weighted by Crippen LogP contribution is -2.38. The number of aromatic nitrogens is 3. The summed E-state index contributed by atoms with van der Waals surface area (Å²) in [5, 5.41) is 7.70. The number of hydrogen-bond acceptors (Lipinski definition) is 3. The van der Waals surface area contributed by atoms with Crippen LogP contribution in [0.3, 0.4) is 0 Å². The predicted octanol–water partition coefficient (Wildman–Crippen LogP) is 1.45. The Morgan fingerprint density at radius 3 is 3.00 bits per heavy atom. The molecule has 0 amide bonds. The second-order valence-electron chi connectivity index (χ2n) is 4.48. The Morgan fingerprint density at radius 2 is 2.27 bits per heavy atom. The van der Waals surface area contributed by atoms with Gasteiger partial charge in [-0.25, -0.2) is 4.98 Å². The summed E-state index contributed by atoms with van der Waals surface area (Å²) >= 11 is 0. The summed E-state index contributed by atoms with van der Waals surface area (Å²) in [5.74, 6) is 0.828. The van der Waals surface area contributed by atoms with Crippen molar-refractivity contribution in [2.24, 2.45) is 5.92 Å². The second kappa shape index (κ2) is 5.26. The van der Waals surface area contributed by atoms with Crippen molar-refractivity contribution >= 4 is 0 Å². The highest BCUT2D eigenvalue weighted by atomic mass is 15.3. The first kappa shape index (κ1) is 10.6. The minimum atomic E-state index is 0.710. The van der Waals surface area contributed by atoms with Crippen LogP contribution >= 0.6 is 0 Å². The Bertz CT molecular complexity index is 270. The fourth-order valence-electron chi connectivity index (χ4n) is 2.33. The highest BCUT2D eigenvalue weighted by Gasteiger charge is 2.19. The molecular weight excluding hydrogens is 188 g/mol. The van der Waals surface area contributed by atoms with E-state index in [4.69, 9.17) is 0 Å². The number of rotatable bonds is 4. The fraction of sp³-hybridized carbons (Fsp3) is 0.818. The van der Waals surface area contributed by atoms with Gasteiger partial charge in [-0.15, -0.1) is 0 Å². The largest absolute Gasteiger partial charge is 0.312 e. The van der Waals surface area contributed by atoms with Crippen LogP contribution in [-0.4, -0.2) is 27.4 Å². The normalized spacial score (nSPS) is 26.7. The molecule has 1 aliphatic rings. The molecule has 2 unspecified atom stereocenters. The van der Waals surface area contributed by atoms with E-state index < -0.39 is 0 Å². The lowest BCUT2D eigenvalue weighted by molar-refractivity contribution is 0.277. The van der Waals surface area contributed by atoms with Crippen LogP contribution in [0.2, 0.25) is 0 Å². The van der Waals surface area contributed by atoms with Crippen LogP contribution in [0.25, 0.3) is 0 Å². The van der Waals surface area contributed by atoms with Gasteiger partial charge in [-0.05, 0) is 18.8 Å². The first-order valence-corrected chi connectivity index (χ1v) is 5.92. The van der Waals surface area contributed by atoms with Crippen molar-refractivity contribution in [1.29, 1.82) is 0 Å². The monoisotopic (exact) mass is 208 g/mol. The van der Waals surface area contributed by atoms with E-state index in [2.05, 4.69) is 22.3 Å². The Balaban J connectivity index is 1.68. The molecular formula is C11H20N4. The Morgan fingerprint density at radius 1 is 1.40 bits per heavy atom. The molecule has 1 aliphatic carbocycles. The van der Waals surface area contributed by atoms with Gasteiger partial charge in [0.1, 0.15) is 12.7 Å². The number of nitrogens with one attached hydrogen (secondary N) is 1. The van der Waals surface area contributed by atoms with Gasteiger partial charge in [0.15, 0.2) is 0 Å². The molecule has 0 aromatic carbocycles. The standard InChI is InChI=1S/C11H20N4/c1-10-4-2-3-5-11(10)13-6-7-15-9-12-8-14-15/h8-11,13H,2-7H2,1H3. The van der Waals surface area contributed by atoms with E-state index in [0.717, 1.165) is 19.0 Å². The molecule has 4 heteroatoms. The van der Waals surface area contributed by atoms with E-state index in [1.54, 1.807) is 12.7 Å². The van der Waals surface area contributed by atoms with Crippen LogP contribution in [0.4, 0.5) is 0 Å². The first-order chi connectivity index (χ1) is 7.36. The zero-order valence-corrected chi connectivity index (χ0v) is 9.39. The molecule has 1 aromatic heterocycles. The molecule has 1 aromatic rings. The van der Waals surface area contributed by atoms with Gasteiger partial charge in [0.2, 0.25) is 0 Å². The number of nitrogens with zero attached hydrogens (tertiary/aromatic N) is 3. The SMILES string of the molecule is CC1CCCCC1NCCn1cncn1. The molecule has 0 bridgehead atoms. The third-order valence-electron chi connectivity index (χ3n) is 3.33. The molecule has 15 heavy (non-hydrogen) atoms. The molecule has 0 saturated heterocycles. The van der Waals surface area contributed by atoms with E-state index in [1.807, 2.05) is 4.68 Å². The minimum absolute atomic E-state index is 0.710. The molecule has 0 spiro atoms. The quantitative estimate of drug-likeness (QED) is 0.814. The molecule has 4 nitrogen and oxygen atoms in total. The zero-order chi connectivity index (χ0) is 10.5. The van der Waals surface area contributed by atoms with Crippen LogP contribution in [0.15, 0.2) is 12.7 Å². The van der Waals surface area contributed by atoms with Gasteiger partial charge >= 0.3 is 0 Å². The van der Waals surface area contributed by atoms with Gasteiger partial charge in [0.05, 0.1) is 6.54 Å². The first-order valence-electron chi connectivity index (χ1n) is 5.92. The van der Waals surface area contributed by atoms with E-state index in [1.165, 1.54) is 25.7 Å². The van der Waals surface area contributed by atoms with Gasteiger partial charge < -0.3 is 5.32 Å². The topological polar surface area (TPSA) is 42.7 Å². The fourth-order valence-corrected chi connectivity index (χ4v) is 2.33. The summed E-state index contributed by atoms with van der Waals surface area (Å²) in [6.07, 6.45) is 8.85. The Labute approximate surface area is 91.1 Å². The summed E-state index contributed by atoms with van der Waals surface area (Å²) in [4.78, 5) is 3.93. The molecule has 1 fully saturated rings. The predicted molar refractivity (Wildman–Crippen MR) is 59.4 cm³/mol. The van der Waals surface area contributed by atoms with Crippen molar-refractivity contribution < 1.29 is 0 Å². The van der Waals surface area contributed by atoms with Gasteiger partial charge in [0, 0.05) is 12.6 Å². The lowest BCUT2D eigenvalue weighted by atomic mass is 9.86. The van der Waals surface area contributed by atoms with Crippen LogP contribution in [0, 0.1) is 5.92 Å². The molecule has 2 atom stereocenters. The molecule has 1 heterocycles. The van der Waals surface area contributed by atoms with E-state index in [-0.39, 0.29) is 0 Å². The van der Waals surface area contributed by atoms with Gasteiger partial charge in [0.25, 0.3) is 0 Å². The average molecular weight is 208 g/mol. The van der Waals surface area contributed by atoms with Crippen molar-refractivity contribution in [1.82, 2.24) is 20.1 Å². The van der Waals surface area contributed by atoms with Crippen molar-refractivity contribution in [3.63, 3.8) is 0 Å². The highest BCUT2D eigenvalue weighted by molar-refractivity contribution is 4.77. The molecule has 2 rings (SSSR count). The summed E-state index contributed by atoms with van der Waals surface area (Å²) in [6.45, 7) is 4.27. The van der Waals surface area contributed by atoms with Gasteiger partial charge in [-0.1, -0.05) is 19.8 Å². The third kappa shape index (κ3) is 3.02. The maximum atomic E-state index is 4.08. The Kier molecular flexibility index (Phi) is 3.72. The van der Waals surface area contributed by atoms with Crippen LogP contribution in [0.1, 0.15) is 32.6 Å². The zero-order valence-electron chi connectivity index (χ0n) is 9.39. The van der Waals surface area contributed by atoms with Gasteiger partial charge in [-0.3, -0.25) is 4.68 Å². The van der Waals surface area contributed by atoms with Crippen molar-refractivity contribution in [2.45, 2.75) is 45.2 Å². The second-order valence-corrected chi connectivity index (χ2v) is 4.48. The van der Waals surface area contributed by atoms with Crippen molar-refractivity contribution in [2.75, 3.05) is 6.54 Å². The van der Waals surface area contributed by atoms with Gasteiger partial charge in [-0.2, -0.15) is 5.10 Å². The number of hydrogen-bond donors (Lipinski definition) is 1. The summed E-state index contributed by atoms with van der Waals surface area (Å²) in [6, 6.07) is 0.710. The highest BCUT2D eigenvalue weighted by Crippen LogP contribution is 2.23. The maximum Gasteiger partial charge on any atom is 0.137 e. The van der Waals surface area contributed by atoms with Crippen molar-refractivity contribution in [3.05, 3.63) is 12.7 Å². The van der Waals surface area contributed by atoms with E-state index >= 15 is 0 Å². The summed E-state index contributed by atoms with van der Waals surface area (Å²) < 4.78 is 1.88. The molecule has 0 radical (unpaired) electrons. The molecule has 1 saturated carbocycles. The molecule has 0 aliphatic heterocycles. The average Bonchev–Trinajstić information content (AvgIpc) is 2.74. The lowest BCUT2D eigenvalue weighted by Gasteiger charge is -2.29. The maximum absolute atomic E-state index is 4.08. The van der Waals surface area contributed by atoms with Crippen molar-refractivity contribution in [3.8, 4) is 0 Å². The van der Waals surface area contributed by atoms with Crippen LogP contribution < -0.4 is 5.32 Å². The third-order valence-corrected chi connectivity index (χ3v) is 3.33. The van der Waals surface area contributed by atoms with Crippen LogP contribution in [-0.2, 0) is 6.54 Å². The molecule has 84 valence electrons. The summed E-state index contributed by atoms with van der Waals surface area (Å²) in [7, 11) is 0. The van der Waals surface area contributed by atoms with Crippen LogP contribution in [0.5, 0.6) is 0 Å². The van der Waals surface area contributed by atoms with E-state index in [0.29, 0.717) is 6.04 Å². The minimum Gasteiger partial charge on any atom is -0.312 e.